The largest absolute Gasteiger partial charge is 0.298 e. The lowest BCUT2D eigenvalue weighted by atomic mass is 10.1. The van der Waals surface area contributed by atoms with E-state index in [0.717, 1.165) is 3.97 Å². The molecule has 0 spiro atoms. The van der Waals surface area contributed by atoms with Crippen molar-refractivity contribution in [2.24, 2.45) is 0 Å². The number of nitriles is 1. The molecule has 0 bridgehead atoms. The first-order chi connectivity index (χ1) is 12.0. The number of nitrogens with zero attached hydrogens (tertiary/aromatic N) is 2. The Hall–Kier alpha value is -3.24. The van der Waals surface area contributed by atoms with Crippen molar-refractivity contribution >= 4 is 16.3 Å². The summed E-state index contributed by atoms with van der Waals surface area (Å²) < 4.78 is 40.3. The third kappa shape index (κ3) is 3.07. The Morgan fingerprint density at radius 1 is 1.08 bits per heavy atom. The summed E-state index contributed by atoms with van der Waals surface area (Å²) in [6.45, 7) is 0. The van der Waals surface area contributed by atoms with Gasteiger partial charge in [0.25, 0.3) is 10.0 Å². The number of carbonyl (C=O) groups is 1. The minimum absolute atomic E-state index is 0.0443. The molecule has 1 heterocycles. The van der Waals surface area contributed by atoms with Gasteiger partial charge in [0.2, 0.25) is 0 Å². The van der Waals surface area contributed by atoms with Crippen molar-refractivity contribution in [3.8, 4) is 17.3 Å². The standard InChI is InChI=1S/C18H11FN2O3S/c19-16-3-1-2-15(9-16)18-8-14(12-22)11-21(18)25(23,24)17-6-4-13(10-20)5-7-17/h1-9,11-12H. The van der Waals surface area contributed by atoms with Crippen LogP contribution < -0.4 is 0 Å². The average Bonchev–Trinajstić information content (AvgIpc) is 3.07. The molecule has 1 aromatic heterocycles. The highest BCUT2D eigenvalue weighted by Gasteiger charge is 2.22. The molecule has 3 rings (SSSR count). The molecule has 0 fully saturated rings. The van der Waals surface area contributed by atoms with Crippen LogP contribution in [0.15, 0.2) is 65.7 Å². The Balaban J connectivity index is 2.20. The van der Waals surface area contributed by atoms with Gasteiger partial charge in [-0.25, -0.2) is 16.8 Å². The highest BCUT2D eigenvalue weighted by molar-refractivity contribution is 7.90. The van der Waals surface area contributed by atoms with Gasteiger partial charge in [0.05, 0.1) is 22.2 Å². The van der Waals surface area contributed by atoms with Gasteiger partial charge < -0.3 is 0 Å². The maximum atomic E-state index is 13.5. The first-order valence-electron chi connectivity index (χ1n) is 7.15. The molecule has 0 aliphatic carbocycles. The molecule has 7 heteroatoms. The van der Waals surface area contributed by atoms with E-state index in [0.29, 0.717) is 17.4 Å². The molecular formula is C18H11FN2O3S. The van der Waals surface area contributed by atoms with Gasteiger partial charge in [-0.1, -0.05) is 12.1 Å². The Kier molecular flexibility index (Phi) is 4.21. The Labute approximate surface area is 143 Å². The fourth-order valence-electron chi connectivity index (χ4n) is 2.40. The number of aromatic nitrogens is 1. The van der Waals surface area contributed by atoms with Crippen LogP contribution in [-0.2, 0) is 10.0 Å². The third-order valence-electron chi connectivity index (χ3n) is 3.60. The van der Waals surface area contributed by atoms with Gasteiger partial charge >= 0.3 is 0 Å². The van der Waals surface area contributed by atoms with Crippen molar-refractivity contribution in [2.45, 2.75) is 4.90 Å². The first-order valence-corrected chi connectivity index (χ1v) is 8.59. The van der Waals surface area contributed by atoms with Crippen molar-refractivity contribution < 1.29 is 17.6 Å². The van der Waals surface area contributed by atoms with Gasteiger partial charge in [-0.15, -0.1) is 0 Å². The van der Waals surface area contributed by atoms with Crippen molar-refractivity contribution in [1.29, 1.82) is 5.26 Å². The minimum Gasteiger partial charge on any atom is -0.298 e. The van der Waals surface area contributed by atoms with Crippen LogP contribution in [0.3, 0.4) is 0 Å². The molecule has 25 heavy (non-hydrogen) atoms. The summed E-state index contributed by atoms with van der Waals surface area (Å²) in [6, 6.07) is 14.1. The van der Waals surface area contributed by atoms with Crippen LogP contribution in [0.1, 0.15) is 15.9 Å². The number of benzene rings is 2. The van der Waals surface area contributed by atoms with E-state index < -0.39 is 15.8 Å². The summed E-state index contributed by atoms with van der Waals surface area (Å²) in [7, 11) is -4.02. The predicted molar refractivity (Wildman–Crippen MR) is 89.0 cm³/mol. The molecule has 2 aromatic carbocycles. The minimum atomic E-state index is -4.02. The zero-order valence-corrected chi connectivity index (χ0v) is 13.6. The summed E-state index contributed by atoms with van der Waals surface area (Å²) in [4.78, 5) is 11.1. The van der Waals surface area contributed by atoms with Crippen LogP contribution in [0, 0.1) is 17.1 Å². The van der Waals surface area contributed by atoms with E-state index in [1.807, 2.05) is 6.07 Å². The second kappa shape index (κ2) is 6.34. The van der Waals surface area contributed by atoms with Gasteiger partial charge in [0, 0.05) is 17.3 Å². The predicted octanol–water partition coefficient (Wildman–Crippen LogP) is 3.22. The highest BCUT2D eigenvalue weighted by Crippen LogP contribution is 2.27. The Morgan fingerprint density at radius 2 is 1.80 bits per heavy atom. The molecule has 0 atom stereocenters. The van der Waals surface area contributed by atoms with E-state index in [9.17, 15) is 17.6 Å². The molecule has 0 amide bonds. The molecule has 3 aromatic rings. The summed E-state index contributed by atoms with van der Waals surface area (Å²) in [6.07, 6.45) is 1.70. The summed E-state index contributed by atoms with van der Waals surface area (Å²) in [5, 5.41) is 8.82. The van der Waals surface area contributed by atoms with E-state index in [2.05, 4.69) is 0 Å². The quantitative estimate of drug-likeness (QED) is 0.674. The Bertz CT molecular complexity index is 1090. The van der Waals surface area contributed by atoms with Crippen molar-refractivity contribution in [1.82, 2.24) is 3.97 Å². The molecule has 0 aliphatic heterocycles. The van der Waals surface area contributed by atoms with Crippen LogP contribution in [0.25, 0.3) is 11.3 Å². The van der Waals surface area contributed by atoms with E-state index in [-0.39, 0.29) is 16.2 Å². The zero-order chi connectivity index (χ0) is 18.0. The Morgan fingerprint density at radius 3 is 2.40 bits per heavy atom. The number of aldehydes is 1. The number of hydrogen-bond donors (Lipinski definition) is 0. The normalized spacial score (nSPS) is 11.0. The molecule has 124 valence electrons. The highest BCUT2D eigenvalue weighted by atomic mass is 32.2. The molecule has 5 nitrogen and oxygen atoms in total. The molecule has 0 saturated heterocycles. The summed E-state index contributed by atoms with van der Waals surface area (Å²) in [5.74, 6) is -0.520. The summed E-state index contributed by atoms with van der Waals surface area (Å²) >= 11 is 0. The fraction of sp³-hybridized carbons (Fsp3) is 0. The summed E-state index contributed by atoms with van der Waals surface area (Å²) in [5.41, 5.74) is 0.971. The third-order valence-corrected chi connectivity index (χ3v) is 5.29. The first kappa shape index (κ1) is 16.6. The van der Waals surface area contributed by atoms with Crippen LogP contribution >= 0.6 is 0 Å². The van der Waals surface area contributed by atoms with Gasteiger partial charge in [-0.05, 0) is 42.5 Å². The number of carbonyl (C=O) groups excluding carboxylic acids is 1. The second-order valence-electron chi connectivity index (χ2n) is 5.22. The zero-order valence-electron chi connectivity index (χ0n) is 12.8. The molecule has 0 radical (unpaired) electrons. The van der Waals surface area contributed by atoms with Crippen molar-refractivity contribution in [2.75, 3.05) is 0 Å². The fourth-order valence-corrected chi connectivity index (χ4v) is 3.79. The molecule has 0 aliphatic rings. The van der Waals surface area contributed by atoms with Gasteiger partial charge in [-0.2, -0.15) is 5.26 Å². The lowest BCUT2D eigenvalue weighted by Gasteiger charge is -2.11. The maximum Gasteiger partial charge on any atom is 0.268 e. The average molecular weight is 354 g/mol. The topological polar surface area (TPSA) is 79.9 Å². The molecule has 0 saturated carbocycles. The molecular weight excluding hydrogens is 343 g/mol. The SMILES string of the molecule is N#Cc1ccc(S(=O)(=O)n2cc(C=O)cc2-c2cccc(F)c2)cc1. The smallest absolute Gasteiger partial charge is 0.268 e. The van der Waals surface area contributed by atoms with Crippen LogP contribution in [-0.4, -0.2) is 18.7 Å². The lowest BCUT2D eigenvalue weighted by Crippen LogP contribution is -2.13. The van der Waals surface area contributed by atoms with Crippen molar-refractivity contribution in [3.63, 3.8) is 0 Å². The molecule has 0 unspecified atom stereocenters. The number of halogens is 1. The van der Waals surface area contributed by atoms with E-state index in [4.69, 9.17) is 5.26 Å². The van der Waals surface area contributed by atoms with Crippen molar-refractivity contribution in [3.05, 3.63) is 77.7 Å². The van der Waals surface area contributed by atoms with E-state index in [1.54, 1.807) is 6.07 Å². The molecule has 0 N–H and O–H groups in total. The van der Waals surface area contributed by atoms with Gasteiger partial charge in [0.15, 0.2) is 6.29 Å². The van der Waals surface area contributed by atoms with Crippen LogP contribution in [0.4, 0.5) is 4.39 Å². The maximum absolute atomic E-state index is 13.5. The van der Waals surface area contributed by atoms with Gasteiger partial charge in [-0.3, -0.25) is 4.79 Å². The second-order valence-corrected chi connectivity index (χ2v) is 7.04. The number of hydrogen-bond acceptors (Lipinski definition) is 4. The van der Waals surface area contributed by atoms with E-state index >= 15 is 0 Å². The monoisotopic (exact) mass is 354 g/mol. The van der Waals surface area contributed by atoms with Crippen LogP contribution in [0.5, 0.6) is 0 Å². The van der Waals surface area contributed by atoms with Gasteiger partial charge in [0.1, 0.15) is 5.82 Å². The lowest BCUT2D eigenvalue weighted by molar-refractivity contribution is 0.112. The number of rotatable bonds is 4. The van der Waals surface area contributed by atoms with Crippen LogP contribution in [0.2, 0.25) is 0 Å². The van der Waals surface area contributed by atoms with E-state index in [1.165, 1.54) is 54.7 Å².